The van der Waals surface area contributed by atoms with E-state index in [1.165, 1.54) is 14.2 Å². The fraction of sp³-hybridized carbons (Fsp3) is 0.333. The van der Waals surface area contributed by atoms with Crippen LogP contribution in [0.4, 0.5) is 0 Å². The van der Waals surface area contributed by atoms with Gasteiger partial charge in [0.05, 0.1) is 25.1 Å². The van der Waals surface area contributed by atoms with E-state index >= 15 is 0 Å². The van der Waals surface area contributed by atoms with Crippen LogP contribution in [0.2, 0.25) is 0 Å². The molecule has 0 unspecified atom stereocenters. The molecular weight excluding hydrogens is 304 g/mol. The van der Waals surface area contributed by atoms with Crippen molar-refractivity contribution < 1.29 is 23.8 Å². The average Bonchev–Trinajstić information content (AvgIpc) is 2.43. The van der Waals surface area contributed by atoms with Gasteiger partial charge in [0.25, 0.3) is 0 Å². The van der Waals surface area contributed by atoms with Gasteiger partial charge >= 0.3 is 5.97 Å². The summed E-state index contributed by atoms with van der Waals surface area (Å²) in [4.78, 5) is 22.5. The van der Waals surface area contributed by atoms with Gasteiger partial charge in [-0.2, -0.15) is 0 Å². The van der Waals surface area contributed by atoms with E-state index in [2.05, 4.69) is 20.7 Å². The van der Waals surface area contributed by atoms with Crippen LogP contribution in [0.3, 0.4) is 0 Å². The number of alkyl halides is 1. The number of hydrogen-bond acceptors (Lipinski definition) is 5. The van der Waals surface area contributed by atoms with Gasteiger partial charge in [0.2, 0.25) is 0 Å². The molecule has 0 aliphatic heterocycles. The molecular formula is C12H13BrO5. The van der Waals surface area contributed by atoms with Crippen LogP contribution in [-0.2, 0) is 9.53 Å². The fourth-order valence-electron chi connectivity index (χ4n) is 1.26. The van der Waals surface area contributed by atoms with Crippen molar-refractivity contribution in [2.75, 3.05) is 26.2 Å². The third-order valence-electron chi connectivity index (χ3n) is 2.18. The van der Waals surface area contributed by atoms with Crippen molar-refractivity contribution in [3.05, 3.63) is 23.8 Å². The van der Waals surface area contributed by atoms with E-state index in [0.717, 1.165) is 0 Å². The second kappa shape index (κ2) is 7.00. The maximum atomic E-state index is 11.6. The van der Waals surface area contributed by atoms with Gasteiger partial charge in [0, 0.05) is 6.07 Å². The lowest BCUT2D eigenvalue weighted by molar-refractivity contribution is -0.142. The summed E-state index contributed by atoms with van der Waals surface area (Å²) in [5, 5.41) is 0.214. The molecule has 18 heavy (non-hydrogen) atoms. The first-order chi connectivity index (χ1) is 8.62. The zero-order valence-corrected chi connectivity index (χ0v) is 11.7. The van der Waals surface area contributed by atoms with Crippen LogP contribution < -0.4 is 9.47 Å². The standard InChI is InChI=1S/C12H13BrO5/c1-16-11-5-8(18-7-12(15)17-2)3-4-9(11)10(14)6-13/h3-5H,6-7H2,1-2H3. The Balaban J connectivity index is 2.85. The fourth-order valence-corrected chi connectivity index (χ4v) is 1.57. The number of carbonyl (C=O) groups is 2. The molecule has 0 aromatic heterocycles. The Morgan fingerprint density at radius 2 is 2.00 bits per heavy atom. The van der Waals surface area contributed by atoms with Crippen molar-refractivity contribution in [2.24, 2.45) is 0 Å². The summed E-state index contributed by atoms with van der Waals surface area (Å²) in [6.07, 6.45) is 0. The number of carbonyl (C=O) groups excluding carboxylic acids is 2. The number of ketones is 1. The molecule has 98 valence electrons. The molecule has 0 radical (unpaired) electrons. The van der Waals surface area contributed by atoms with Crippen molar-refractivity contribution >= 4 is 27.7 Å². The monoisotopic (exact) mass is 316 g/mol. The summed E-state index contributed by atoms with van der Waals surface area (Å²) >= 11 is 3.09. The Labute approximate surface area is 113 Å². The highest BCUT2D eigenvalue weighted by Crippen LogP contribution is 2.25. The number of hydrogen-bond donors (Lipinski definition) is 0. The van der Waals surface area contributed by atoms with E-state index in [4.69, 9.17) is 9.47 Å². The lowest BCUT2D eigenvalue weighted by Crippen LogP contribution is -2.12. The molecule has 0 N–H and O–H groups in total. The first-order valence-electron chi connectivity index (χ1n) is 5.09. The minimum atomic E-state index is -0.477. The zero-order chi connectivity index (χ0) is 13.5. The highest BCUT2D eigenvalue weighted by atomic mass is 79.9. The molecule has 0 saturated heterocycles. The predicted molar refractivity (Wildman–Crippen MR) is 68.6 cm³/mol. The zero-order valence-electron chi connectivity index (χ0n) is 10.1. The van der Waals surface area contributed by atoms with Gasteiger partial charge in [-0.1, -0.05) is 15.9 Å². The van der Waals surface area contributed by atoms with Crippen LogP contribution in [0.1, 0.15) is 10.4 Å². The SMILES string of the molecule is COC(=O)COc1ccc(C(=O)CBr)c(OC)c1. The van der Waals surface area contributed by atoms with Crippen LogP contribution in [0.5, 0.6) is 11.5 Å². The molecule has 0 bridgehead atoms. The Morgan fingerprint density at radius 1 is 1.28 bits per heavy atom. The van der Waals surface area contributed by atoms with Crippen molar-refractivity contribution in [3.8, 4) is 11.5 Å². The number of benzene rings is 1. The highest BCUT2D eigenvalue weighted by Gasteiger charge is 2.12. The molecule has 0 amide bonds. The number of ether oxygens (including phenoxy) is 3. The number of esters is 1. The van der Waals surface area contributed by atoms with Gasteiger partial charge in [-0.3, -0.25) is 4.79 Å². The lowest BCUT2D eigenvalue weighted by Gasteiger charge is -2.10. The van der Waals surface area contributed by atoms with Crippen molar-refractivity contribution in [3.63, 3.8) is 0 Å². The van der Waals surface area contributed by atoms with Gasteiger partial charge in [0.15, 0.2) is 12.4 Å². The van der Waals surface area contributed by atoms with Crippen LogP contribution >= 0.6 is 15.9 Å². The van der Waals surface area contributed by atoms with E-state index in [1.54, 1.807) is 18.2 Å². The Hall–Kier alpha value is -1.56. The van der Waals surface area contributed by atoms with Crippen molar-refractivity contribution in [1.29, 1.82) is 0 Å². The quantitative estimate of drug-likeness (QED) is 0.455. The summed E-state index contributed by atoms with van der Waals surface area (Å²) in [7, 11) is 2.74. The summed E-state index contributed by atoms with van der Waals surface area (Å²) in [5.74, 6) is 0.270. The second-order valence-electron chi connectivity index (χ2n) is 3.28. The van der Waals surface area contributed by atoms with E-state index in [0.29, 0.717) is 17.1 Å². The first kappa shape index (κ1) is 14.5. The summed E-state index contributed by atoms with van der Waals surface area (Å²) in [6.45, 7) is -0.189. The Morgan fingerprint density at radius 3 is 2.56 bits per heavy atom. The summed E-state index contributed by atoms with van der Waals surface area (Å²) < 4.78 is 14.7. The molecule has 1 aromatic carbocycles. The molecule has 0 fully saturated rings. The molecule has 0 spiro atoms. The van der Waals surface area contributed by atoms with Gasteiger partial charge < -0.3 is 14.2 Å². The first-order valence-corrected chi connectivity index (χ1v) is 6.21. The van der Waals surface area contributed by atoms with E-state index < -0.39 is 5.97 Å². The third-order valence-corrected chi connectivity index (χ3v) is 2.69. The minimum absolute atomic E-state index is 0.0913. The van der Waals surface area contributed by atoms with Crippen molar-refractivity contribution in [1.82, 2.24) is 0 Å². The van der Waals surface area contributed by atoms with Crippen LogP contribution in [0.15, 0.2) is 18.2 Å². The molecule has 0 saturated carbocycles. The molecule has 0 aliphatic carbocycles. The van der Waals surface area contributed by atoms with Gasteiger partial charge in [-0.15, -0.1) is 0 Å². The molecule has 0 aliphatic rings. The highest BCUT2D eigenvalue weighted by molar-refractivity contribution is 9.09. The van der Waals surface area contributed by atoms with Crippen molar-refractivity contribution in [2.45, 2.75) is 0 Å². The summed E-state index contributed by atoms with van der Waals surface area (Å²) in [6, 6.07) is 4.75. The maximum absolute atomic E-state index is 11.6. The molecule has 0 atom stereocenters. The van der Waals surface area contributed by atoms with Crippen LogP contribution in [-0.4, -0.2) is 37.9 Å². The van der Waals surface area contributed by atoms with E-state index in [-0.39, 0.29) is 17.7 Å². The topological polar surface area (TPSA) is 61.8 Å². The van der Waals surface area contributed by atoms with Gasteiger partial charge in [-0.05, 0) is 12.1 Å². The predicted octanol–water partition coefficient (Wildman–Crippen LogP) is 1.82. The number of rotatable bonds is 6. The van der Waals surface area contributed by atoms with Gasteiger partial charge in [-0.25, -0.2) is 4.79 Å². The minimum Gasteiger partial charge on any atom is -0.496 e. The largest absolute Gasteiger partial charge is 0.496 e. The average molecular weight is 317 g/mol. The van der Waals surface area contributed by atoms with Crippen LogP contribution in [0, 0.1) is 0 Å². The smallest absolute Gasteiger partial charge is 0.343 e. The normalized spacial score (nSPS) is 9.72. The molecule has 1 rings (SSSR count). The van der Waals surface area contributed by atoms with E-state index in [1.807, 2.05) is 0 Å². The van der Waals surface area contributed by atoms with Gasteiger partial charge in [0.1, 0.15) is 11.5 Å². The lowest BCUT2D eigenvalue weighted by atomic mass is 10.1. The van der Waals surface area contributed by atoms with Crippen LogP contribution in [0.25, 0.3) is 0 Å². The second-order valence-corrected chi connectivity index (χ2v) is 3.84. The molecule has 1 aromatic rings. The van der Waals surface area contributed by atoms with E-state index in [9.17, 15) is 9.59 Å². The third kappa shape index (κ3) is 3.73. The molecule has 0 heterocycles. The molecule has 5 nitrogen and oxygen atoms in total. The molecule has 6 heteroatoms. The number of Topliss-reactive ketones (excluding diaryl/α,β-unsaturated/α-hetero) is 1. The summed E-state index contributed by atoms with van der Waals surface area (Å²) in [5.41, 5.74) is 0.458. The maximum Gasteiger partial charge on any atom is 0.343 e. The number of methoxy groups -OCH3 is 2. The number of halogens is 1. The Bertz CT molecular complexity index is 444. The Kier molecular flexibility index (Phi) is 5.64.